The molecule has 0 unspecified atom stereocenters. The summed E-state index contributed by atoms with van der Waals surface area (Å²) in [6.45, 7) is 2.04. The summed E-state index contributed by atoms with van der Waals surface area (Å²) < 4.78 is 2.28. The van der Waals surface area contributed by atoms with Gasteiger partial charge in [-0.1, -0.05) is 30.5 Å². The van der Waals surface area contributed by atoms with Gasteiger partial charge in [-0.25, -0.2) is 0 Å². The molecule has 0 aliphatic rings. The lowest BCUT2D eigenvalue weighted by molar-refractivity contribution is -0.116. The number of carbonyl (C=O) groups is 1. The van der Waals surface area contributed by atoms with Crippen LogP contribution in [0.4, 0.5) is 0 Å². The molecule has 0 fully saturated rings. The van der Waals surface area contributed by atoms with Crippen molar-refractivity contribution in [3.05, 3.63) is 29.8 Å². The van der Waals surface area contributed by atoms with Gasteiger partial charge in [-0.3, -0.25) is 4.79 Å². The second kappa shape index (κ2) is 5.19. The van der Waals surface area contributed by atoms with Gasteiger partial charge in [-0.05, 0) is 19.1 Å². The predicted octanol–water partition coefficient (Wildman–Crippen LogP) is 2.05. The predicted molar refractivity (Wildman–Crippen MR) is 59.0 cm³/mol. The lowest BCUT2D eigenvalue weighted by atomic mass is 10.2. The molecule has 0 saturated carbocycles. The zero-order chi connectivity index (χ0) is 9.68. The quantitative estimate of drug-likeness (QED) is 0.594. The van der Waals surface area contributed by atoms with Crippen LogP contribution in [0.25, 0.3) is 0 Å². The fourth-order valence-electron chi connectivity index (χ4n) is 0.816. The summed E-state index contributed by atoms with van der Waals surface area (Å²) in [4.78, 5) is 11.9. The van der Waals surface area contributed by atoms with Gasteiger partial charge in [-0.2, -0.15) is 0 Å². The van der Waals surface area contributed by atoms with Gasteiger partial charge in [0.1, 0.15) is 0 Å². The van der Waals surface area contributed by atoms with Crippen LogP contribution >= 0.6 is 24.6 Å². The minimum Gasteiger partial charge on any atom is -0.302 e. The van der Waals surface area contributed by atoms with Crippen molar-refractivity contribution in [3.63, 3.8) is 0 Å². The number of benzene rings is 1. The second-order valence-electron chi connectivity index (χ2n) is 2.64. The second-order valence-corrected chi connectivity index (χ2v) is 3.91. The molecule has 1 aromatic rings. The molecule has 4 heteroatoms. The molecule has 0 heterocycles. The number of thioether (sulfide) groups is 1. The normalized spacial score (nSPS) is 9.69. The van der Waals surface area contributed by atoms with E-state index in [9.17, 15) is 4.79 Å². The maximum atomic E-state index is 10.8. The Kier molecular flexibility index (Phi) is 4.18. The van der Waals surface area contributed by atoms with Gasteiger partial charge < -0.3 is 4.72 Å². The molecule has 0 aliphatic carbocycles. The third kappa shape index (κ3) is 3.74. The van der Waals surface area contributed by atoms with E-state index in [0.717, 1.165) is 4.90 Å². The zero-order valence-electron chi connectivity index (χ0n) is 7.28. The van der Waals surface area contributed by atoms with Crippen molar-refractivity contribution in [3.8, 4) is 0 Å². The van der Waals surface area contributed by atoms with Crippen molar-refractivity contribution in [2.75, 3.05) is 5.75 Å². The Morgan fingerprint density at radius 1 is 1.46 bits per heavy atom. The number of aryl methyl sites for hydroxylation is 1. The van der Waals surface area contributed by atoms with Crippen molar-refractivity contribution in [2.24, 2.45) is 0 Å². The highest BCUT2D eigenvalue weighted by molar-refractivity contribution is 8.00. The Morgan fingerprint density at radius 3 is 2.62 bits per heavy atom. The summed E-state index contributed by atoms with van der Waals surface area (Å²) in [5.41, 5.74) is 1.22. The van der Waals surface area contributed by atoms with Crippen molar-refractivity contribution < 1.29 is 4.79 Å². The van der Waals surface area contributed by atoms with Crippen molar-refractivity contribution in [2.45, 2.75) is 11.8 Å². The van der Waals surface area contributed by atoms with Crippen molar-refractivity contribution >= 4 is 30.5 Å². The number of hydrogen-bond donors (Lipinski definition) is 2. The van der Waals surface area contributed by atoms with Gasteiger partial charge in [0, 0.05) is 4.90 Å². The Hall–Kier alpha value is -0.610. The van der Waals surface area contributed by atoms with Crippen LogP contribution in [0, 0.1) is 6.92 Å². The van der Waals surface area contributed by atoms with Crippen LogP contribution in [0.15, 0.2) is 29.2 Å². The molecule has 0 atom stereocenters. The van der Waals surface area contributed by atoms with Crippen LogP contribution in [0.2, 0.25) is 0 Å². The fourth-order valence-corrected chi connectivity index (χ4v) is 1.70. The molecule has 0 radical (unpaired) electrons. The molecular weight excluding hydrogens is 202 g/mol. The van der Waals surface area contributed by atoms with Crippen molar-refractivity contribution in [1.29, 1.82) is 0 Å². The van der Waals surface area contributed by atoms with Gasteiger partial charge >= 0.3 is 0 Å². The van der Waals surface area contributed by atoms with E-state index < -0.39 is 0 Å². The van der Waals surface area contributed by atoms with E-state index in [0.29, 0.717) is 5.75 Å². The Balaban J connectivity index is 2.46. The molecule has 13 heavy (non-hydrogen) atoms. The Morgan fingerprint density at radius 2 is 2.08 bits per heavy atom. The van der Waals surface area contributed by atoms with E-state index in [1.165, 1.54) is 17.3 Å². The smallest absolute Gasteiger partial charge is 0.239 e. The highest BCUT2D eigenvalue weighted by Gasteiger charge is 1.99. The Bertz CT molecular complexity index is 284. The molecular formula is C9H11NOS2. The van der Waals surface area contributed by atoms with Crippen LogP contribution in [-0.2, 0) is 4.79 Å². The average Bonchev–Trinajstić information content (AvgIpc) is 2.16. The maximum Gasteiger partial charge on any atom is 0.239 e. The van der Waals surface area contributed by atoms with Gasteiger partial charge in [0.25, 0.3) is 0 Å². The number of hydrogen-bond acceptors (Lipinski definition) is 3. The van der Waals surface area contributed by atoms with Crippen LogP contribution in [0.1, 0.15) is 5.56 Å². The molecule has 1 rings (SSSR count). The summed E-state index contributed by atoms with van der Waals surface area (Å²) in [7, 11) is 0. The minimum absolute atomic E-state index is 0.0751. The summed E-state index contributed by atoms with van der Waals surface area (Å²) in [5, 5.41) is 0. The van der Waals surface area contributed by atoms with Gasteiger partial charge in [0.05, 0.1) is 5.75 Å². The number of thiol groups is 1. The summed E-state index contributed by atoms with van der Waals surface area (Å²) in [6.07, 6.45) is 0. The highest BCUT2D eigenvalue weighted by Crippen LogP contribution is 2.17. The first kappa shape index (κ1) is 10.5. The highest BCUT2D eigenvalue weighted by atomic mass is 32.2. The lowest BCUT2D eigenvalue weighted by Gasteiger charge is -2.00. The number of rotatable bonds is 3. The third-order valence-electron chi connectivity index (χ3n) is 1.52. The first-order valence-corrected chi connectivity index (χ1v) is 5.28. The van der Waals surface area contributed by atoms with Crippen LogP contribution in [0.3, 0.4) is 0 Å². The molecule has 0 aliphatic heterocycles. The van der Waals surface area contributed by atoms with Gasteiger partial charge in [0.2, 0.25) is 5.91 Å². The van der Waals surface area contributed by atoms with E-state index in [2.05, 4.69) is 17.5 Å². The van der Waals surface area contributed by atoms with E-state index in [1.807, 2.05) is 31.2 Å². The average molecular weight is 213 g/mol. The standard InChI is InChI=1S/C9H11NOS2/c1-7-2-4-8(5-3-7)13-6-9(11)10-12/h2-5,12H,6H2,1H3,(H,10,11). The molecule has 0 aromatic heterocycles. The topological polar surface area (TPSA) is 29.1 Å². The number of amides is 1. The minimum atomic E-state index is -0.0751. The summed E-state index contributed by atoms with van der Waals surface area (Å²) in [6, 6.07) is 8.07. The molecule has 0 bridgehead atoms. The van der Waals surface area contributed by atoms with Crippen LogP contribution in [0.5, 0.6) is 0 Å². The first-order valence-electron chi connectivity index (χ1n) is 3.85. The first-order chi connectivity index (χ1) is 6.22. The zero-order valence-corrected chi connectivity index (χ0v) is 8.99. The molecule has 1 aromatic carbocycles. The largest absolute Gasteiger partial charge is 0.302 e. The summed E-state index contributed by atoms with van der Waals surface area (Å²) in [5.74, 6) is 0.334. The van der Waals surface area contributed by atoms with E-state index >= 15 is 0 Å². The lowest BCUT2D eigenvalue weighted by Crippen LogP contribution is -2.14. The Labute approximate surface area is 87.7 Å². The molecule has 1 N–H and O–H groups in total. The summed E-state index contributed by atoms with van der Waals surface area (Å²) >= 11 is 5.17. The molecule has 2 nitrogen and oxygen atoms in total. The monoisotopic (exact) mass is 213 g/mol. The van der Waals surface area contributed by atoms with Gasteiger partial charge in [-0.15, -0.1) is 11.8 Å². The third-order valence-corrected chi connectivity index (χ3v) is 2.78. The molecule has 0 saturated heterocycles. The number of carbonyl (C=O) groups excluding carboxylic acids is 1. The van der Waals surface area contributed by atoms with E-state index in [-0.39, 0.29) is 5.91 Å². The fraction of sp³-hybridized carbons (Fsp3) is 0.222. The van der Waals surface area contributed by atoms with Crippen molar-refractivity contribution in [1.82, 2.24) is 4.72 Å². The van der Waals surface area contributed by atoms with E-state index in [4.69, 9.17) is 0 Å². The van der Waals surface area contributed by atoms with Gasteiger partial charge in [0.15, 0.2) is 0 Å². The van der Waals surface area contributed by atoms with E-state index in [1.54, 1.807) is 0 Å². The molecule has 1 amide bonds. The maximum absolute atomic E-state index is 10.8. The number of nitrogens with one attached hydrogen (secondary N) is 1. The van der Waals surface area contributed by atoms with Crippen LogP contribution in [-0.4, -0.2) is 11.7 Å². The van der Waals surface area contributed by atoms with Crippen LogP contribution < -0.4 is 4.72 Å². The SMILES string of the molecule is Cc1ccc(SCC(=O)NS)cc1. The molecule has 0 spiro atoms. The molecule has 70 valence electrons.